The summed E-state index contributed by atoms with van der Waals surface area (Å²) in [6, 6.07) is 4.93. The van der Waals surface area contributed by atoms with E-state index >= 15 is 0 Å². The summed E-state index contributed by atoms with van der Waals surface area (Å²) in [5.74, 6) is -4.56. The van der Waals surface area contributed by atoms with Gasteiger partial charge in [-0.1, -0.05) is 17.4 Å². The molecule has 0 aliphatic rings. The average molecular weight is 411 g/mol. The SMILES string of the molecule is CN(C)CCCN(C(=O)c1c(F)cccc1F)c1nc2c(F)cc(F)cc2s1. The number of hydrogen-bond acceptors (Lipinski definition) is 4. The number of rotatable bonds is 6. The van der Waals surface area contributed by atoms with Gasteiger partial charge in [0, 0.05) is 12.6 Å². The first-order valence-electron chi connectivity index (χ1n) is 8.44. The summed E-state index contributed by atoms with van der Waals surface area (Å²) in [5.41, 5.74) is -0.806. The van der Waals surface area contributed by atoms with E-state index in [0.717, 1.165) is 40.5 Å². The maximum absolute atomic E-state index is 14.1. The van der Waals surface area contributed by atoms with Gasteiger partial charge >= 0.3 is 0 Å². The third-order valence-corrected chi connectivity index (χ3v) is 5.07. The van der Waals surface area contributed by atoms with Crippen molar-refractivity contribution in [3.8, 4) is 0 Å². The zero-order chi connectivity index (χ0) is 20.4. The lowest BCUT2D eigenvalue weighted by atomic mass is 10.1. The highest BCUT2D eigenvalue weighted by atomic mass is 32.1. The molecule has 1 amide bonds. The molecule has 1 aromatic heterocycles. The Hall–Kier alpha value is -2.52. The third-order valence-electron chi connectivity index (χ3n) is 4.04. The molecule has 28 heavy (non-hydrogen) atoms. The van der Waals surface area contributed by atoms with Crippen molar-refractivity contribution in [3.63, 3.8) is 0 Å². The van der Waals surface area contributed by atoms with Crippen LogP contribution in [0.1, 0.15) is 16.8 Å². The third kappa shape index (κ3) is 4.15. The summed E-state index contributed by atoms with van der Waals surface area (Å²) >= 11 is 0.883. The summed E-state index contributed by atoms with van der Waals surface area (Å²) in [6.45, 7) is 0.714. The van der Waals surface area contributed by atoms with Crippen LogP contribution < -0.4 is 4.90 Å². The molecule has 0 spiro atoms. The molecule has 0 N–H and O–H groups in total. The van der Waals surface area contributed by atoms with E-state index in [9.17, 15) is 22.4 Å². The van der Waals surface area contributed by atoms with E-state index in [4.69, 9.17) is 0 Å². The number of fused-ring (bicyclic) bond motifs is 1. The number of nitrogens with zero attached hydrogens (tertiary/aromatic N) is 3. The standard InChI is InChI=1S/C19H17F4N3OS/c1-25(2)7-4-8-26(18(27)16-12(21)5-3-6-13(16)22)19-24-17-14(23)9-11(20)10-15(17)28-19/h3,5-6,9-10H,4,7-8H2,1-2H3. The molecule has 3 aromatic rings. The molecule has 1 heterocycles. The molecule has 4 nitrogen and oxygen atoms in total. The molecule has 2 aromatic carbocycles. The van der Waals surface area contributed by atoms with E-state index in [2.05, 4.69) is 4.98 Å². The molecule has 0 unspecified atom stereocenters. The van der Waals surface area contributed by atoms with Crippen molar-refractivity contribution in [2.24, 2.45) is 0 Å². The molecule has 0 atom stereocenters. The first-order chi connectivity index (χ1) is 13.3. The number of thiazole rings is 1. The van der Waals surface area contributed by atoms with Gasteiger partial charge in [0.05, 0.1) is 4.70 Å². The highest BCUT2D eigenvalue weighted by molar-refractivity contribution is 7.22. The second-order valence-corrected chi connectivity index (χ2v) is 7.45. The van der Waals surface area contributed by atoms with Gasteiger partial charge in [-0.15, -0.1) is 0 Å². The van der Waals surface area contributed by atoms with Crippen molar-refractivity contribution < 1.29 is 22.4 Å². The van der Waals surface area contributed by atoms with Gasteiger partial charge in [-0.25, -0.2) is 22.5 Å². The van der Waals surface area contributed by atoms with Crippen LogP contribution in [0.5, 0.6) is 0 Å². The summed E-state index contributed by atoms with van der Waals surface area (Å²) in [6.07, 6.45) is 0.488. The van der Waals surface area contributed by atoms with E-state index in [0.29, 0.717) is 19.0 Å². The Labute approximate surface area is 163 Å². The van der Waals surface area contributed by atoms with E-state index in [1.807, 2.05) is 19.0 Å². The Morgan fingerprint density at radius 1 is 1.04 bits per heavy atom. The van der Waals surface area contributed by atoms with Gasteiger partial charge < -0.3 is 4.90 Å². The maximum atomic E-state index is 14.1. The molecule has 0 aliphatic carbocycles. The Morgan fingerprint density at radius 2 is 1.71 bits per heavy atom. The molecular formula is C19H17F4N3OS. The first-order valence-corrected chi connectivity index (χ1v) is 9.25. The predicted octanol–water partition coefficient (Wildman–Crippen LogP) is 4.45. The van der Waals surface area contributed by atoms with Crippen molar-refractivity contribution in [1.82, 2.24) is 9.88 Å². The van der Waals surface area contributed by atoms with Crippen molar-refractivity contribution in [2.75, 3.05) is 32.1 Å². The lowest BCUT2D eigenvalue weighted by Crippen LogP contribution is -2.34. The fraction of sp³-hybridized carbons (Fsp3) is 0.263. The number of anilines is 1. The van der Waals surface area contributed by atoms with Crippen molar-refractivity contribution in [3.05, 3.63) is 59.2 Å². The van der Waals surface area contributed by atoms with Crippen LogP contribution in [0, 0.1) is 23.3 Å². The van der Waals surface area contributed by atoms with Crippen LogP contribution in [-0.2, 0) is 0 Å². The van der Waals surface area contributed by atoms with E-state index in [1.165, 1.54) is 0 Å². The molecule has 0 bridgehead atoms. The normalized spacial score (nSPS) is 11.4. The van der Waals surface area contributed by atoms with Crippen LogP contribution >= 0.6 is 11.3 Å². The van der Waals surface area contributed by atoms with Crippen LogP contribution in [0.2, 0.25) is 0 Å². The minimum atomic E-state index is -0.999. The molecule has 0 radical (unpaired) electrons. The number of benzene rings is 2. The molecule has 0 saturated carbocycles. The van der Waals surface area contributed by atoms with Gasteiger partial charge in [0.15, 0.2) is 10.9 Å². The topological polar surface area (TPSA) is 36.4 Å². The largest absolute Gasteiger partial charge is 0.309 e. The Bertz CT molecular complexity index is 1000. The Kier molecular flexibility index (Phi) is 5.95. The minimum absolute atomic E-state index is 0.0471. The van der Waals surface area contributed by atoms with Gasteiger partial charge in [0.1, 0.15) is 28.5 Å². The number of aromatic nitrogens is 1. The highest BCUT2D eigenvalue weighted by Crippen LogP contribution is 2.32. The number of carbonyl (C=O) groups is 1. The predicted molar refractivity (Wildman–Crippen MR) is 101 cm³/mol. The van der Waals surface area contributed by atoms with Gasteiger partial charge in [0.2, 0.25) is 0 Å². The van der Waals surface area contributed by atoms with Gasteiger partial charge in [-0.3, -0.25) is 9.69 Å². The van der Waals surface area contributed by atoms with E-state index in [-0.39, 0.29) is 21.9 Å². The summed E-state index contributed by atoms with van der Waals surface area (Å²) < 4.78 is 55.9. The van der Waals surface area contributed by atoms with Gasteiger partial charge in [0.25, 0.3) is 5.91 Å². The number of halogens is 4. The van der Waals surface area contributed by atoms with Crippen molar-refractivity contribution >= 4 is 32.6 Å². The minimum Gasteiger partial charge on any atom is -0.309 e. The fourth-order valence-corrected chi connectivity index (χ4v) is 3.76. The highest BCUT2D eigenvalue weighted by Gasteiger charge is 2.27. The monoisotopic (exact) mass is 411 g/mol. The Balaban J connectivity index is 2.04. The molecule has 0 aliphatic heterocycles. The lowest BCUT2D eigenvalue weighted by molar-refractivity contribution is 0.0978. The Morgan fingerprint density at radius 3 is 2.36 bits per heavy atom. The second kappa shape index (κ2) is 8.24. The molecule has 3 rings (SSSR count). The smallest absolute Gasteiger partial charge is 0.266 e. The van der Waals surface area contributed by atoms with Crippen molar-refractivity contribution in [1.29, 1.82) is 0 Å². The molecular weight excluding hydrogens is 394 g/mol. The quantitative estimate of drug-likeness (QED) is 0.563. The van der Waals surface area contributed by atoms with Crippen LogP contribution in [-0.4, -0.2) is 43.0 Å². The average Bonchev–Trinajstić information content (AvgIpc) is 3.02. The fourth-order valence-electron chi connectivity index (χ4n) is 2.73. The molecule has 0 saturated heterocycles. The van der Waals surface area contributed by atoms with Crippen LogP contribution in [0.25, 0.3) is 10.2 Å². The van der Waals surface area contributed by atoms with Crippen LogP contribution in [0.4, 0.5) is 22.7 Å². The molecule has 148 valence electrons. The lowest BCUT2D eigenvalue weighted by Gasteiger charge is -2.21. The summed E-state index contributed by atoms with van der Waals surface area (Å²) in [4.78, 5) is 20.0. The number of hydrogen-bond donors (Lipinski definition) is 0. The van der Waals surface area contributed by atoms with Crippen molar-refractivity contribution in [2.45, 2.75) is 6.42 Å². The van der Waals surface area contributed by atoms with Crippen LogP contribution in [0.15, 0.2) is 30.3 Å². The zero-order valence-corrected chi connectivity index (χ0v) is 16.0. The summed E-state index contributed by atoms with van der Waals surface area (Å²) in [5, 5.41) is 0.0471. The number of carbonyl (C=O) groups excluding carboxylic acids is 1. The number of amides is 1. The molecule has 9 heteroatoms. The van der Waals surface area contributed by atoms with E-state index in [1.54, 1.807) is 0 Å². The van der Waals surface area contributed by atoms with Gasteiger partial charge in [-0.2, -0.15) is 0 Å². The zero-order valence-electron chi connectivity index (χ0n) is 15.2. The second-order valence-electron chi connectivity index (χ2n) is 6.44. The van der Waals surface area contributed by atoms with E-state index < -0.39 is 34.7 Å². The first kappa shape index (κ1) is 20.2. The summed E-state index contributed by atoms with van der Waals surface area (Å²) in [7, 11) is 3.69. The maximum Gasteiger partial charge on any atom is 0.266 e. The molecule has 0 fully saturated rings. The van der Waals surface area contributed by atoms with Gasteiger partial charge in [-0.05, 0) is 45.3 Å². The van der Waals surface area contributed by atoms with Crippen LogP contribution in [0.3, 0.4) is 0 Å².